The largest absolute Gasteiger partial charge is 0.394 e. The predicted octanol–water partition coefficient (Wildman–Crippen LogP) is -2.96. The molecule has 0 saturated heterocycles. The summed E-state index contributed by atoms with van der Waals surface area (Å²) >= 11 is 4.30. The van der Waals surface area contributed by atoms with Crippen LogP contribution in [0.1, 0.15) is 0 Å². The first kappa shape index (κ1) is 16.3. The van der Waals surface area contributed by atoms with E-state index >= 15 is 0 Å². The molecule has 5 nitrogen and oxygen atoms in total. The average Bonchev–Trinajstić information content (AvgIpc) is 2.12. The van der Waals surface area contributed by atoms with Crippen LogP contribution < -0.4 is 0 Å². The Morgan fingerprint density at radius 3 is 1.85 bits per heavy atom. The fourth-order valence-electron chi connectivity index (χ4n) is 0.618. The van der Waals surface area contributed by atoms with Crippen LogP contribution in [0, 0.1) is 0 Å². The minimum atomic E-state index is -1.61. The Bertz CT molecular complexity index is 147. The molecule has 0 aliphatic rings. The Kier molecular flexibility index (Phi) is 10.3. The van der Waals surface area contributed by atoms with Gasteiger partial charge in [0.15, 0.2) is 0 Å². The van der Waals surface area contributed by atoms with Crippen LogP contribution in [0.25, 0.3) is 0 Å². The van der Waals surface area contributed by atoms with Crippen molar-refractivity contribution < 1.29 is 25.5 Å². The topological polar surface area (TPSA) is 101 Å². The van der Waals surface area contributed by atoms with E-state index in [-0.39, 0.29) is 29.6 Å². The Balaban J connectivity index is 0. The van der Waals surface area contributed by atoms with Crippen molar-refractivity contribution in [2.24, 2.45) is 0 Å². The van der Waals surface area contributed by atoms with Gasteiger partial charge in [0.05, 0.1) is 6.61 Å². The van der Waals surface area contributed by atoms with Gasteiger partial charge in [0.2, 0.25) is 0 Å². The molecular weight excluding hydrogens is 207 g/mol. The van der Waals surface area contributed by atoms with E-state index in [9.17, 15) is 0 Å². The normalized spacial score (nSPS) is 19.5. The van der Waals surface area contributed by atoms with Crippen LogP contribution in [0.3, 0.4) is 0 Å². The Hall–Kier alpha value is 0.890. The molecule has 0 fully saturated rings. The summed E-state index contributed by atoms with van der Waals surface area (Å²) in [6, 6.07) is 0. The van der Waals surface area contributed by atoms with E-state index < -0.39 is 31.0 Å². The van der Waals surface area contributed by atoms with Crippen molar-refractivity contribution in [1.29, 1.82) is 0 Å². The van der Waals surface area contributed by atoms with Crippen molar-refractivity contribution in [2.75, 3.05) is 6.61 Å². The quantitative estimate of drug-likeness (QED) is 0.250. The van der Waals surface area contributed by atoms with Crippen molar-refractivity contribution in [2.45, 2.75) is 24.4 Å². The summed E-state index contributed by atoms with van der Waals surface area (Å²) in [4.78, 5) is 0. The first-order chi connectivity index (χ1) is 5.54. The molecule has 73 valence electrons. The molecule has 0 aliphatic carbocycles. The van der Waals surface area contributed by atoms with E-state index in [1.807, 2.05) is 0 Å². The minimum absolute atomic E-state index is 0. The van der Waals surface area contributed by atoms with Gasteiger partial charge in [0.25, 0.3) is 0 Å². The van der Waals surface area contributed by atoms with E-state index in [1.54, 1.807) is 0 Å². The smallest absolute Gasteiger partial charge is 0.113 e. The summed E-state index contributed by atoms with van der Waals surface area (Å²) in [5.41, 5.74) is 0. The molecule has 13 heavy (non-hydrogen) atoms. The number of hydrogen-bond donors (Lipinski definition) is 5. The molecule has 1 radical (unpaired) electrons. The van der Waals surface area contributed by atoms with Gasteiger partial charge in [-0.05, 0) is 0 Å². The molecule has 7 heteroatoms. The van der Waals surface area contributed by atoms with Gasteiger partial charge in [-0.2, -0.15) is 0 Å². The zero-order valence-electron chi connectivity index (χ0n) is 7.24. The summed E-state index contributed by atoms with van der Waals surface area (Å²) in [6.45, 7) is -0.692. The molecule has 5 N–H and O–H groups in total. The van der Waals surface area contributed by atoms with Gasteiger partial charge in [-0.15, -0.1) is 0 Å². The summed E-state index contributed by atoms with van der Waals surface area (Å²) < 4.78 is 0. The third kappa shape index (κ3) is 5.36. The maximum atomic E-state index is 9.02. The molecule has 0 rings (SSSR count). The van der Waals surface area contributed by atoms with Crippen LogP contribution in [0.4, 0.5) is 0 Å². The van der Waals surface area contributed by atoms with E-state index in [0.29, 0.717) is 0 Å². The van der Waals surface area contributed by atoms with E-state index in [1.165, 1.54) is 0 Å². The third-order valence-corrected chi connectivity index (χ3v) is 1.70. The average molecular weight is 219 g/mol. The number of aliphatic hydroxyl groups excluding tert-OH is 5. The van der Waals surface area contributed by atoms with Crippen LogP contribution in [-0.4, -0.2) is 91.5 Å². The minimum Gasteiger partial charge on any atom is -0.394 e. The summed E-state index contributed by atoms with van der Waals surface area (Å²) in [6.07, 6.45) is -6.06. The van der Waals surface area contributed by atoms with Gasteiger partial charge in [-0.25, -0.2) is 0 Å². The van der Waals surface area contributed by atoms with E-state index in [4.69, 9.17) is 25.5 Å². The molecule has 0 unspecified atom stereocenters. The van der Waals surface area contributed by atoms with Crippen molar-refractivity contribution in [1.82, 2.24) is 0 Å². The maximum Gasteiger partial charge on any atom is 0.113 e. The maximum absolute atomic E-state index is 9.02. The number of hydrogen-bond acceptors (Lipinski definition) is 6. The Morgan fingerprint density at radius 2 is 1.54 bits per heavy atom. The van der Waals surface area contributed by atoms with Crippen LogP contribution in [0.5, 0.6) is 0 Å². The van der Waals surface area contributed by atoms with Crippen LogP contribution >= 0.6 is 12.2 Å². The van der Waals surface area contributed by atoms with E-state index in [0.717, 1.165) is 5.37 Å². The zero-order valence-corrected chi connectivity index (χ0v) is 10.1. The molecule has 0 amide bonds. The molecular formula is C6H12NaO5S. The van der Waals surface area contributed by atoms with Gasteiger partial charge in [0.1, 0.15) is 24.4 Å². The Morgan fingerprint density at radius 1 is 1.08 bits per heavy atom. The summed E-state index contributed by atoms with van der Waals surface area (Å²) in [7, 11) is 0. The van der Waals surface area contributed by atoms with Gasteiger partial charge in [-0.3, -0.25) is 0 Å². The van der Waals surface area contributed by atoms with E-state index in [2.05, 4.69) is 12.2 Å². The fourth-order valence-corrected chi connectivity index (χ4v) is 0.779. The molecule has 0 saturated carbocycles. The van der Waals surface area contributed by atoms with Gasteiger partial charge in [-0.1, -0.05) is 12.2 Å². The van der Waals surface area contributed by atoms with Crippen LogP contribution in [0.15, 0.2) is 0 Å². The molecule has 0 aromatic rings. The molecule has 4 atom stereocenters. The second-order valence-corrected chi connectivity index (χ2v) is 2.63. The molecule has 0 heterocycles. The standard InChI is InChI=1S/C6H12O5S.Na/c7-1-3(8)5(10)6(11)4(9)2-12;/h2-11H,1H2;/t3-,4+,5+,6-;/m1./s1. The fraction of sp³-hybridized carbons (Fsp3) is 0.833. The first-order valence-corrected chi connectivity index (χ1v) is 3.80. The molecule has 0 aromatic heterocycles. The zero-order chi connectivity index (χ0) is 9.72. The third-order valence-electron chi connectivity index (χ3n) is 1.42. The Labute approximate surface area is 103 Å². The van der Waals surface area contributed by atoms with Crippen LogP contribution in [-0.2, 0) is 0 Å². The molecule has 0 spiro atoms. The van der Waals surface area contributed by atoms with Crippen molar-refractivity contribution >= 4 is 47.1 Å². The number of thiocarbonyl (C=S) groups is 1. The van der Waals surface area contributed by atoms with Crippen molar-refractivity contribution in [3.05, 3.63) is 0 Å². The predicted molar refractivity (Wildman–Crippen MR) is 50.5 cm³/mol. The number of rotatable bonds is 5. The second kappa shape index (κ2) is 8.22. The summed E-state index contributed by atoms with van der Waals surface area (Å²) in [5, 5.41) is 44.9. The monoisotopic (exact) mass is 219 g/mol. The van der Waals surface area contributed by atoms with Gasteiger partial charge < -0.3 is 25.5 Å². The SMILES string of the molecule is OC[C@@H](O)[C@H](O)[C@H](O)[C@@H](O)C=S.[Na]. The van der Waals surface area contributed by atoms with Crippen molar-refractivity contribution in [3.8, 4) is 0 Å². The van der Waals surface area contributed by atoms with Gasteiger partial charge in [0, 0.05) is 34.9 Å². The summed E-state index contributed by atoms with van der Waals surface area (Å²) in [5.74, 6) is 0. The number of aliphatic hydroxyl groups is 5. The first-order valence-electron chi connectivity index (χ1n) is 3.33. The van der Waals surface area contributed by atoms with Crippen molar-refractivity contribution in [3.63, 3.8) is 0 Å². The van der Waals surface area contributed by atoms with Crippen LogP contribution in [0.2, 0.25) is 0 Å². The molecule has 0 aliphatic heterocycles. The molecule has 0 aromatic carbocycles. The second-order valence-electron chi connectivity index (χ2n) is 2.36. The molecule has 0 bridgehead atoms. The van der Waals surface area contributed by atoms with Gasteiger partial charge >= 0.3 is 0 Å².